The molecule has 0 unspecified atom stereocenters. The Balaban J connectivity index is 1.57. The Labute approximate surface area is 236 Å². The van der Waals surface area contributed by atoms with Crippen molar-refractivity contribution >= 4 is 57.8 Å². The van der Waals surface area contributed by atoms with Crippen molar-refractivity contribution in [3.8, 4) is 17.2 Å². The molecule has 4 rings (SSSR count). The van der Waals surface area contributed by atoms with Crippen LogP contribution in [0.1, 0.15) is 23.6 Å². The van der Waals surface area contributed by atoms with Crippen LogP contribution < -0.4 is 19.5 Å². The summed E-state index contributed by atoms with van der Waals surface area (Å²) in [6.07, 6.45) is 4.13. The van der Waals surface area contributed by atoms with Gasteiger partial charge in [-0.05, 0) is 85.3 Å². The maximum Gasteiger partial charge on any atom is 0.264 e. The number of aliphatic imine (C=N–C) groups is 1. The molecule has 6 nitrogen and oxygen atoms in total. The molecule has 3 aromatic rings. The summed E-state index contributed by atoms with van der Waals surface area (Å²) in [7, 11) is 1.57. The molecular formula is C29H26Cl2N2O4S. The van der Waals surface area contributed by atoms with Crippen molar-refractivity contribution in [2.45, 2.75) is 20.0 Å². The molecule has 0 radical (unpaired) electrons. The van der Waals surface area contributed by atoms with Gasteiger partial charge in [0, 0.05) is 21.2 Å². The Bertz CT molecular complexity index is 1400. The Morgan fingerprint density at radius 1 is 1.05 bits per heavy atom. The number of hydrogen-bond donors (Lipinski definition) is 1. The van der Waals surface area contributed by atoms with Gasteiger partial charge in [-0.2, -0.15) is 0 Å². The zero-order valence-corrected chi connectivity index (χ0v) is 23.3. The van der Waals surface area contributed by atoms with Crippen LogP contribution in [0.4, 0.5) is 5.69 Å². The number of nitrogens with one attached hydrogen (secondary N) is 1. The van der Waals surface area contributed by atoms with Gasteiger partial charge in [0.25, 0.3) is 5.91 Å². The first-order chi connectivity index (χ1) is 18.4. The highest BCUT2D eigenvalue weighted by molar-refractivity contribution is 8.18. The number of carbonyl (C=O) groups excluding carboxylic acids is 1. The van der Waals surface area contributed by atoms with E-state index in [4.69, 9.17) is 37.4 Å². The number of amidine groups is 1. The van der Waals surface area contributed by atoms with Crippen molar-refractivity contribution in [1.82, 2.24) is 5.32 Å². The molecule has 1 fully saturated rings. The van der Waals surface area contributed by atoms with E-state index in [2.05, 4.69) is 16.9 Å². The Morgan fingerprint density at radius 2 is 1.84 bits per heavy atom. The first kappa shape index (κ1) is 27.6. The summed E-state index contributed by atoms with van der Waals surface area (Å²) in [5.41, 5.74) is 3.17. The van der Waals surface area contributed by atoms with Crippen molar-refractivity contribution in [2.24, 2.45) is 4.99 Å². The third-order valence-electron chi connectivity index (χ3n) is 5.45. The first-order valence-electron chi connectivity index (χ1n) is 11.8. The molecule has 0 aliphatic carbocycles. The standard InChI is InChI=1S/C29H26Cl2N2O4S/c1-4-6-19-13-18(14-25(35-3)27(19)37-17-20-7-8-21(30)16-24(20)31)15-26-28(34)33-29(38-26)32-22-9-11-23(12-10-22)36-5-2/h4,7-16H,1,5-6,17H2,2-3H3,(H,32,33,34)/b26-15+. The predicted octanol–water partition coefficient (Wildman–Crippen LogP) is 7.60. The summed E-state index contributed by atoms with van der Waals surface area (Å²) in [5, 5.41) is 4.40. The van der Waals surface area contributed by atoms with E-state index in [-0.39, 0.29) is 12.5 Å². The molecule has 1 aliphatic rings. The number of thioether (sulfide) groups is 1. The molecule has 9 heteroatoms. The molecule has 0 bridgehead atoms. The third-order valence-corrected chi connectivity index (χ3v) is 6.95. The number of ether oxygens (including phenoxy) is 3. The van der Waals surface area contributed by atoms with Crippen LogP contribution in [0.15, 0.2) is 77.1 Å². The Kier molecular flexibility index (Phi) is 9.39. The number of allylic oxidation sites excluding steroid dienone is 1. The molecule has 1 saturated heterocycles. The van der Waals surface area contributed by atoms with Gasteiger partial charge in [0.15, 0.2) is 16.7 Å². The highest BCUT2D eigenvalue weighted by atomic mass is 35.5. The normalized spacial score (nSPS) is 15.0. The van der Waals surface area contributed by atoms with Crippen LogP contribution in [0.25, 0.3) is 6.08 Å². The second-order valence-electron chi connectivity index (χ2n) is 8.14. The average molecular weight is 570 g/mol. The fourth-order valence-electron chi connectivity index (χ4n) is 3.71. The molecule has 1 N–H and O–H groups in total. The molecule has 38 heavy (non-hydrogen) atoms. The fraction of sp³-hybridized carbons (Fsp3) is 0.172. The molecule has 1 heterocycles. The van der Waals surface area contributed by atoms with Crippen LogP contribution >= 0.6 is 35.0 Å². The topological polar surface area (TPSA) is 69.2 Å². The lowest BCUT2D eigenvalue weighted by Gasteiger charge is -2.16. The minimum Gasteiger partial charge on any atom is -0.494 e. The van der Waals surface area contributed by atoms with Gasteiger partial charge >= 0.3 is 0 Å². The summed E-state index contributed by atoms with van der Waals surface area (Å²) in [6.45, 7) is 6.63. The van der Waals surface area contributed by atoms with Gasteiger partial charge in [-0.25, -0.2) is 4.99 Å². The minimum atomic E-state index is -0.221. The second kappa shape index (κ2) is 12.9. The van der Waals surface area contributed by atoms with Crippen molar-refractivity contribution in [3.63, 3.8) is 0 Å². The lowest BCUT2D eigenvalue weighted by atomic mass is 10.0. The number of hydrogen-bond acceptors (Lipinski definition) is 6. The maximum absolute atomic E-state index is 12.7. The average Bonchev–Trinajstić information content (AvgIpc) is 3.23. The highest BCUT2D eigenvalue weighted by Crippen LogP contribution is 2.37. The summed E-state index contributed by atoms with van der Waals surface area (Å²) < 4.78 is 17.2. The molecular weight excluding hydrogens is 543 g/mol. The number of benzene rings is 3. The van der Waals surface area contributed by atoms with E-state index >= 15 is 0 Å². The van der Waals surface area contributed by atoms with E-state index in [9.17, 15) is 4.79 Å². The van der Waals surface area contributed by atoms with Crippen molar-refractivity contribution in [3.05, 3.63) is 98.9 Å². The van der Waals surface area contributed by atoms with E-state index in [0.717, 1.165) is 28.1 Å². The molecule has 1 amide bonds. The minimum absolute atomic E-state index is 0.221. The molecule has 0 atom stereocenters. The molecule has 0 saturated carbocycles. The third kappa shape index (κ3) is 6.92. The van der Waals surface area contributed by atoms with Crippen LogP contribution in [0.2, 0.25) is 10.0 Å². The van der Waals surface area contributed by atoms with Crippen LogP contribution in [-0.2, 0) is 17.8 Å². The number of nitrogens with zero attached hydrogens (tertiary/aromatic N) is 1. The van der Waals surface area contributed by atoms with Crippen LogP contribution in [0.5, 0.6) is 17.2 Å². The van der Waals surface area contributed by atoms with Crippen LogP contribution in [0.3, 0.4) is 0 Å². The molecule has 0 spiro atoms. The number of methoxy groups -OCH3 is 1. The quantitative estimate of drug-likeness (QED) is 0.201. The molecule has 0 aromatic heterocycles. The Hall–Kier alpha value is -3.39. The van der Waals surface area contributed by atoms with E-state index in [1.54, 1.807) is 31.4 Å². The van der Waals surface area contributed by atoms with Crippen molar-refractivity contribution < 1.29 is 19.0 Å². The van der Waals surface area contributed by atoms with Gasteiger partial charge in [0.1, 0.15) is 12.4 Å². The van der Waals surface area contributed by atoms with E-state index in [1.807, 2.05) is 49.4 Å². The SMILES string of the molecule is C=CCc1cc(/C=C2/SC(=Nc3ccc(OCC)cc3)NC2=O)cc(OC)c1OCc1ccc(Cl)cc1Cl. The van der Waals surface area contributed by atoms with E-state index in [0.29, 0.717) is 44.6 Å². The second-order valence-corrected chi connectivity index (χ2v) is 10.0. The zero-order chi connectivity index (χ0) is 27.1. The van der Waals surface area contributed by atoms with Gasteiger partial charge in [-0.3, -0.25) is 4.79 Å². The maximum atomic E-state index is 12.7. The largest absolute Gasteiger partial charge is 0.494 e. The number of amides is 1. The lowest BCUT2D eigenvalue weighted by Crippen LogP contribution is -2.19. The predicted molar refractivity (Wildman–Crippen MR) is 156 cm³/mol. The van der Waals surface area contributed by atoms with Gasteiger partial charge in [-0.15, -0.1) is 6.58 Å². The summed E-state index contributed by atoms with van der Waals surface area (Å²) in [4.78, 5) is 17.7. The number of carbonyl (C=O) groups is 1. The van der Waals surface area contributed by atoms with Crippen LogP contribution in [0, 0.1) is 0 Å². The molecule has 3 aromatic carbocycles. The van der Waals surface area contributed by atoms with Crippen molar-refractivity contribution in [2.75, 3.05) is 13.7 Å². The lowest BCUT2D eigenvalue weighted by molar-refractivity contribution is -0.115. The molecule has 196 valence electrons. The highest BCUT2D eigenvalue weighted by Gasteiger charge is 2.24. The summed E-state index contributed by atoms with van der Waals surface area (Å²) in [6, 6.07) is 16.4. The van der Waals surface area contributed by atoms with Gasteiger partial charge in [-0.1, -0.05) is 35.3 Å². The van der Waals surface area contributed by atoms with E-state index < -0.39 is 0 Å². The summed E-state index contributed by atoms with van der Waals surface area (Å²) in [5.74, 6) is 1.67. The first-order valence-corrected chi connectivity index (χ1v) is 13.4. The Morgan fingerprint density at radius 3 is 2.53 bits per heavy atom. The van der Waals surface area contributed by atoms with Crippen LogP contribution in [-0.4, -0.2) is 24.8 Å². The van der Waals surface area contributed by atoms with Crippen molar-refractivity contribution in [1.29, 1.82) is 0 Å². The smallest absolute Gasteiger partial charge is 0.264 e. The van der Waals surface area contributed by atoms with Gasteiger partial charge < -0.3 is 19.5 Å². The molecule has 1 aliphatic heterocycles. The zero-order valence-electron chi connectivity index (χ0n) is 20.9. The van der Waals surface area contributed by atoms with Gasteiger partial charge in [0.05, 0.1) is 24.3 Å². The number of halogens is 2. The fourth-order valence-corrected chi connectivity index (χ4v) is 5.02. The monoisotopic (exact) mass is 568 g/mol. The van der Waals surface area contributed by atoms with Gasteiger partial charge in [0.2, 0.25) is 0 Å². The number of rotatable bonds is 10. The van der Waals surface area contributed by atoms with E-state index in [1.165, 1.54) is 11.8 Å². The summed E-state index contributed by atoms with van der Waals surface area (Å²) >= 11 is 13.6.